The number of aromatic nitrogens is 9. The Morgan fingerprint density at radius 3 is 0.858 bits per heavy atom. The zero-order valence-electron chi connectivity index (χ0n) is 65.0. The number of para-hydroxylation sites is 6. The average molecular weight is 1530 g/mol. The summed E-state index contributed by atoms with van der Waals surface area (Å²) in [5.41, 5.74) is 25.8. The quantitative estimate of drug-likeness (QED) is 0.122. The van der Waals surface area contributed by atoms with E-state index in [2.05, 4.69) is 419 Å². The number of benzene rings is 18. The second kappa shape index (κ2) is 28.9. The molecule has 0 fully saturated rings. The molecule has 0 N–H and O–H groups in total. The maximum Gasteiger partial charge on any atom is 0.164 e. The molecule has 0 saturated heterocycles. The van der Waals surface area contributed by atoms with Gasteiger partial charge < -0.3 is 18.3 Å². The Hall–Kier alpha value is -16.2. The van der Waals surface area contributed by atoms with E-state index in [-0.39, 0.29) is 0 Å². The van der Waals surface area contributed by atoms with E-state index in [1.54, 1.807) is 0 Å². The van der Waals surface area contributed by atoms with Crippen molar-refractivity contribution in [2.45, 2.75) is 0 Å². The fourth-order valence-electron chi connectivity index (χ4n) is 18.1. The summed E-state index contributed by atoms with van der Waals surface area (Å²) in [6.07, 6.45) is 0. The summed E-state index contributed by atoms with van der Waals surface area (Å²) >= 11 is 0. The van der Waals surface area contributed by atoms with Gasteiger partial charge in [-0.2, -0.15) is 0 Å². The van der Waals surface area contributed by atoms with Gasteiger partial charge in [-0.3, -0.25) is 0 Å². The van der Waals surface area contributed by atoms with Crippen LogP contribution in [0.3, 0.4) is 0 Å². The predicted molar refractivity (Wildman–Crippen MR) is 498 cm³/mol. The van der Waals surface area contributed by atoms with Gasteiger partial charge in [-0.1, -0.05) is 315 Å². The number of nitrogens with zero attached hydrogens (tertiary/aromatic N) is 9. The highest BCUT2D eigenvalue weighted by atomic mass is 15.1. The van der Waals surface area contributed by atoms with Crippen LogP contribution in [0.2, 0.25) is 0 Å². The smallest absolute Gasteiger partial charge is 0.164 e. The fraction of sp³-hybridized carbons (Fsp3) is 0. The van der Waals surface area contributed by atoms with E-state index in [1.807, 2.05) is 30.3 Å². The molecule has 0 spiro atoms. The van der Waals surface area contributed by atoms with E-state index in [1.165, 1.54) is 65.2 Å². The molecule has 0 saturated carbocycles. The van der Waals surface area contributed by atoms with Gasteiger partial charge >= 0.3 is 0 Å². The lowest BCUT2D eigenvalue weighted by molar-refractivity contribution is 1.07. The first-order chi connectivity index (χ1) is 59.5. The molecule has 120 heavy (non-hydrogen) atoms. The molecule has 0 aliphatic rings. The van der Waals surface area contributed by atoms with Crippen LogP contribution < -0.4 is 0 Å². The molecule has 18 aromatic carbocycles. The van der Waals surface area contributed by atoms with Crippen molar-refractivity contribution >= 4 is 109 Å². The van der Waals surface area contributed by atoms with Crippen molar-refractivity contribution in [3.05, 3.63) is 431 Å². The monoisotopic (exact) mass is 1530 g/mol. The van der Waals surface area contributed by atoms with Crippen molar-refractivity contribution in [3.63, 3.8) is 0 Å². The number of hydrogen-bond acceptors (Lipinski definition) is 5. The third kappa shape index (κ3) is 12.0. The minimum Gasteiger partial charge on any atom is -0.309 e. The van der Waals surface area contributed by atoms with Gasteiger partial charge in [0.05, 0.1) is 55.5 Å². The van der Waals surface area contributed by atoms with Crippen LogP contribution >= 0.6 is 0 Å². The molecule has 6 aromatic heterocycles. The molecule has 24 rings (SSSR count). The summed E-state index contributed by atoms with van der Waals surface area (Å²) in [5.74, 6) is 2.55. The van der Waals surface area contributed by atoms with Gasteiger partial charge in [0.1, 0.15) is 0 Å². The van der Waals surface area contributed by atoms with Gasteiger partial charge in [0.2, 0.25) is 0 Å². The molecular weight excluding hydrogens is 1460 g/mol. The molecule has 560 valence electrons. The molecule has 0 aliphatic heterocycles. The Bertz CT molecular complexity index is 7650. The summed E-state index contributed by atoms with van der Waals surface area (Å²) in [5, 5.41) is 14.2. The topological polar surface area (TPSA) is 84.2 Å². The largest absolute Gasteiger partial charge is 0.309 e. The molecule has 24 aromatic rings. The van der Waals surface area contributed by atoms with Crippen LogP contribution in [0.5, 0.6) is 0 Å². The van der Waals surface area contributed by atoms with E-state index >= 15 is 0 Å². The normalized spacial score (nSPS) is 11.7. The standard InChI is InChI=1S/C56H36N4.C55H35N5/c1-4-17-37(18-5-1)39-22-16-23-41(31-39)51-35-50(38-19-6-2-7-20-38)57-56(58-51)49-33-43(32-40-21-10-11-26-44(40)49)60-53-30-15-13-28-46(53)48-34-47-45-27-12-14-29-52(45)59(54(47)36-55(48)60)42-24-8-3-9-25-42;1-4-17-36(18-5-1)38-22-16-23-40(31-38)54-56-53(37-19-6-2-7-20-37)57-55(58-54)48-33-42(32-39-21-10-11-26-43(39)48)60-50-30-15-13-28-45(50)47-34-46-44-27-12-14-29-49(44)59(51(46)35-52(47)60)41-24-8-3-9-25-41/h1-36H;1-35H. The molecule has 6 heterocycles. The molecule has 0 aliphatic carbocycles. The lowest BCUT2D eigenvalue weighted by atomic mass is 9.99. The van der Waals surface area contributed by atoms with E-state index in [0.29, 0.717) is 23.3 Å². The summed E-state index contributed by atoms with van der Waals surface area (Å²) in [6.45, 7) is 0. The van der Waals surface area contributed by atoms with Crippen molar-refractivity contribution in [1.82, 2.24) is 43.2 Å². The van der Waals surface area contributed by atoms with Crippen LogP contribution in [-0.2, 0) is 0 Å². The Morgan fingerprint density at radius 1 is 0.142 bits per heavy atom. The average Bonchev–Trinajstić information content (AvgIpc) is 1.56. The molecule has 9 nitrogen and oxygen atoms in total. The minimum atomic E-state index is 0.620. The van der Waals surface area contributed by atoms with Crippen molar-refractivity contribution < 1.29 is 0 Å². The van der Waals surface area contributed by atoms with E-state index in [9.17, 15) is 0 Å². The lowest BCUT2D eigenvalue weighted by Gasteiger charge is -2.15. The lowest BCUT2D eigenvalue weighted by Crippen LogP contribution is -2.02. The maximum absolute atomic E-state index is 5.42. The van der Waals surface area contributed by atoms with Crippen LogP contribution in [0.1, 0.15) is 0 Å². The second-order valence-electron chi connectivity index (χ2n) is 30.7. The summed E-state index contributed by atoms with van der Waals surface area (Å²) in [6, 6.07) is 153. The van der Waals surface area contributed by atoms with Gasteiger partial charge in [-0.15, -0.1) is 0 Å². The van der Waals surface area contributed by atoms with E-state index in [0.717, 1.165) is 133 Å². The fourth-order valence-corrected chi connectivity index (χ4v) is 18.1. The van der Waals surface area contributed by atoms with Crippen molar-refractivity contribution in [2.75, 3.05) is 0 Å². The first-order valence-electron chi connectivity index (χ1n) is 40.7. The number of hydrogen-bond donors (Lipinski definition) is 0. The molecule has 0 bridgehead atoms. The third-order valence-corrected chi connectivity index (χ3v) is 23.6. The van der Waals surface area contributed by atoms with E-state index < -0.39 is 0 Å². The Morgan fingerprint density at radius 2 is 0.433 bits per heavy atom. The van der Waals surface area contributed by atoms with Gasteiger partial charge in [0.25, 0.3) is 0 Å². The second-order valence-corrected chi connectivity index (χ2v) is 30.7. The number of rotatable bonds is 12. The highest BCUT2D eigenvalue weighted by Gasteiger charge is 2.25. The molecule has 9 heteroatoms. The van der Waals surface area contributed by atoms with Crippen molar-refractivity contribution in [1.29, 1.82) is 0 Å². The highest BCUT2D eigenvalue weighted by molar-refractivity contribution is 6.21. The van der Waals surface area contributed by atoms with Gasteiger partial charge in [0.15, 0.2) is 23.3 Å². The zero-order chi connectivity index (χ0) is 79.1. The van der Waals surface area contributed by atoms with Crippen LogP contribution in [0.4, 0.5) is 0 Å². The van der Waals surface area contributed by atoms with Crippen LogP contribution in [0.25, 0.3) is 222 Å². The number of fused-ring (bicyclic) bond motifs is 14. The third-order valence-electron chi connectivity index (χ3n) is 23.6. The van der Waals surface area contributed by atoms with E-state index in [4.69, 9.17) is 24.9 Å². The molecule has 0 unspecified atom stereocenters. The van der Waals surface area contributed by atoms with Gasteiger partial charge in [-0.25, -0.2) is 24.9 Å². The molecule has 0 amide bonds. The van der Waals surface area contributed by atoms with Crippen molar-refractivity contribution in [2.24, 2.45) is 0 Å². The predicted octanol–water partition coefficient (Wildman–Crippen LogP) is 28.4. The Labute approximate surface area is 691 Å². The van der Waals surface area contributed by atoms with Crippen LogP contribution in [0.15, 0.2) is 431 Å². The minimum absolute atomic E-state index is 0.620. The molecule has 0 radical (unpaired) electrons. The molecule has 0 atom stereocenters. The Balaban J connectivity index is 0.000000140. The first-order valence-corrected chi connectivity index (χ1v) is 40.7. The zero-order valence-corrected chi connectivity index (χ0v) is 65.0. The summed E-state index contributed by atoms with van der Waals surface area (Å²) in [4.78, 5) is 26.5. The SMILES string of the molecule is c1ccc(-c2cccc(-c3cc(-c4ccccc4)nc(-c4cc(-n5c6ccccc6c6cc7c8ccccc8n(-c8ccccc8)c7cc65)cc5ccccc45)n3)c2)cc1.c1ccc(-c2cccc(-c3nc(-c4ccccc4)nc(-c4cc(-n5c6ccccc6c6cc7c8ccccc8n(-c8ccccc8)c7cc65)cc5ccccc45)n3)c2)cc1. The highest BCUT2D eigenvalue weighted by Crippen LogP contribution is 2.45. The maximum atomic E-state index is 5.42. The van der Waals surface area contributed by atoms with Crippen LogP contribution in [-0.4, -0.2) is 43.2 Å². The first kappa shape index (κ1) is 69.3. The summed E-state index contributed by atoms with van der Waals surface area (Å²) in [7, 11) is 0. The Kier molecular flexibility index (Phi) is 16.7. The summed E-state index contributed by atoms with van der Waals surface area (Å²) < 4.78 is 9.63. The molecular formula is C111H71N9. The van der Waals surface area contributed by atoms with Gasteiger partial charge in [0, 0.05) is 99.2 Å². The van der Waals surface area contributed by atoms with Crippen molar-refractivity contribution in [3.8, 4) is 113 Å². The van der Waals surface area contributed by atoms with Crippen LogP contribution in [0, 0.1) is 0 Å². The van der Waals surface area contributed by atoms with Gasteiger partial charge in [-0.05, 0) is 159 Å².